The fourth-order valence-electron chi connectivity index (χ4n) is 4.55. The van der Waals surface area contributed by atoms with E-state index in [2.05, 4.69) is 33.1 Å². The topological polar surface area (TPSA) is 76.4 Å². The first kappa shape index (κ1) is 15.8. The second-order valence-corrected chi connectivity index (χ2v) is 7.42. The van der Waals surface area contributed by atoms with Crippen LogP contribution in [0, 0.1) is 0 Å². The summed E-state index contributed by atoms with van der Waals surface area (Å²) in [6.45, 7) is 1.04. The lowest BCUT2D eigenvalue weighted by Gasteiger charge is -2.40. The van der Waals surface area contributed by atoms with E-state index in [1.54, 1.807) is 7.11 Å². The molecular weight excluding hydrogens is 328 g/mol. The fourth-order valence-corrected chi connectivity index (χ4v) is 4.55. The number of nitrogens with one attached hydrogen (secondary N) is 2. The van der Waals surface area contributed by atoms with Crippen LogP contribution in [0.15, 0.2) is 23.3 Å². The molecule has 7 heteroatoms. The van der Waals surface area contributed by atoms with Gasteiger partial charge in [0, 0.05) is 7.05 Å². The summed E-state index contributed by atoms with van der Waals surface area (Å²) in [5.74, 6) is 1.89. The second-order valence-electron chi connectivity index (χ2n) is 7.42. The Bertz CT molecular complexity index is 876. The number of benzene rings is 1. The molecule has 0 bridgehead atoms. The van der Waals surface area contributed by atoms with Crippen LogP contribution < -0.4 is 15.4 Å². The number of amidine groups is 1. The third kappa shape index (κ3) is 2.13. The molecule has 136 valence electrons. The molecule has 1 saturated heterocycles. The van der Waals surface area contributed by atoms with E-state index in [9.17, 15) is 0 Å². The molecule has 1 aliphatic carbocycles. The molecule has 3 heterocycles. The van der Waals surface area contributed by atoms with Crippen LogP contribution in [0.25, 0.3) is 5.69 Å². The number of rotatable bonds is 3. The van der Waals surface area contributed by atoms with Gasteiger partial charge in [0.25, 0.3) is 0 Å². The number of fused-ring (bicyclic) bond motifs is 2. The maximum Gasteiger partial charge on any atom is 0.145 e. The highest BCUT2D eigenvalue weighted by molar-refractivity contribution is 6.01. The minimum absolute atomic E-state index is 0.0528. The van der Waals surface area contributed by atoms with Crippen LogP contribution in [-0.4, -0.2) is 41.5 Å². The maximum absolute atomic E-state index is 5.71. The Morgan fingerprint density at radius 3 is 2.85 bits per heavy atom. The van der Waals surface area contributed by atoms with Gasteiger partial charge in [0.15, 0.2) is 0 Å². The van der Waals surface area contributed by atoms with E-state index < -0.39 is 0 Å². The number of nitrogens with zero attached hydrogens (tertiary/aromatic N) is 4. The van der Waals surface area contributed by atoms with Gasteiger partial charge in [0.2, 0.25) is 0 Å². The summed E-state index contributed by atoms with van der Waals surface area (Å²) in [6.07, 6.45) is 7.82. The molecule has 2 fully saturated rings. The van der Waals surface area contributed by atoms with Crippen molar-refractivity contribution in [2.75, 3.05) is 20.7 Å². The highest BCUT2D eigenvalue weighted by Crippen LogP contribution is 2.53. The van der Waals surface area contributed by atoms with Crippen molar-refractivity contribution in [3.05, 3.63) is 29.6 Å². The normalized spacial score (nSPS) is 22.8. The molecule has 1 aromatic heterocycles. The number of hydrogen-bond acceptors (Lipinski definition) is 6. The third-order valence-corrected chi connectivity index (χ3v) is 6.12. The predicted octanol–water partition coefficient (Wildman–Crippen LogP) is 2.39. The summed E-state index contributed by atoms with van der Waals surface area (Å²) in [5.41, 5.74) is 4.21. The molecule has 1 spiro atoms. The summed E-state index contributed by atoms with van der Waals surface area (Å²) < 4.78 is 7.53. The van der Waals surface area contributed by atoms with E-state index in [1.165, 1.54) is 18.4 Å². The van der Waals surface area contributed by atoms with E-state index in [4.69, 9.17) is 9.73 Å². The molecule has 0 radical (unpaired) electrons. The van der Waals surface area contributed by atoms with E-state index in [-0.39, 0.29) is 5.41 Å². The molecule has 3 aliphatic rings. The minimum atomic E-state index is 0.0528. The minimum Gasteiger partial charge on any atom is -0.494 e. The monoisotopic (exact) mass is 352 g/mol. The second kappa shape index (κ2) is 5.81. The summed E-state index contributed by atoms with van der Waals surface area (Å²) in [4.78, 5) is 4.87. The van der Waals surface area contributed by atoms with Gasteiger partial charge < -0.3 is 15.4 Å². The van der Waals surface area contributed by atoms with Gasteiger partial charge in [0.1, 0.15) is 23.0 Å². The van der Waals surface area contributed by atoms with Crippen molar-refractivity contribution < 1.29 is 4.74 Å². The zero-order chi connectivity index (χ0) is 17.7. The predicted molar refractivity (Wildman–Crippen MR) is 99.6 cm³/mol. The van der Waals surface area contributed by atoms with Gasteiger partial charge in [-0.15, -0.1) is 5.10 Å². The van der Waals surface area contributed by atoms with Crippen molar-refractivity contribution in [3.63, 3.8) is 0 Å². The molecule has 26 heavy (non-hydrogen) atoms. The molecule has 1 atom stereocenters. The fraction of sp³-hybridized carbons (Fsp3) is 0.526. The smallest absolute Gasteiger partial charge is 0.145 e. The molecule has 2 N–H and O–H groups in total. The van der Waals surface area contributed by atoms with Crippen molar-refractivity contribution in [2.24, 2.45) is 4.99 Å². The lowest BCUT2D eigenvalue weighted by molar-refractivity contribution is 0.338. The first-order chi connectivity index (χ1) is 12.7. The number of hydrogen-bond donors (Lipinski definition) is 2. The Balaban J connectivity index is 1.57. The highest BCUT2D eigenvalue weighted by atomic mass is 16.5. The molecular formula is C19H24N6O. The number of likely N-dealkylation sites (N-methyl/N-ethyl adjacent to an activating group) is 1. The zero-order valence-corrected chi connectivity index (χ0v) is 15.2. The van der Waals surface area contributed by atoms with Gasteiger partial charge >= 0.3 is 0 Å². The van der Waals surface area contributed by atoms with E-state index in [0.29, 0.717) is 6.04 Å². The quantitative estimate of drug-likeness (QED) is 0.887. The first-order valence-electron chi connectivity index (χ1n) is 9.40. The maximum atomic E-state index is 5.71. The Labute approximate surface area is 152 Å². The molecule has 0 amide bonds. The van der Waals surface area contributed by atoms with Gasteiger partial charge in [0.05, 0.1) is 30.5 Å². The van der Waals surface area contributed by atoms with Gasteiger partial charge in [-0.25, -0.2) is 9.67 Å². The van der Waals surface area contributed by atoms with Gasteiger partial charge in [-0.2, -0.15) is 0 Å². The molecule has 2 aromatic rings. The average molecular weight is 352 g/mol. The number of aliphatic imine (C=N–C) groups is 1. The van der Waals surface area contributed by atoms with Crippen molar-refractivity contribution in [1.29, 1.82) is 0 Å². The Kier molecular flexibility index (Phi) is 3.53. The summed E-state index contributed by atoms with van der Waals surface area (Å²) >= 11 is 0. The summed E-state index contributed by atoms with van der Waals surface area (Å²) in [7, 11) is 3.67. The molecule has 1 unspecified atom stereocenters. The zero-order valence-electron chi connectivity index (χ0n) is 15.2. The van der Waals surface area contributed by atoms with Crippen LogP contribution in [-0.2, 0) is 5.41 Å². The summed E-state index contributed by atoms with van der Waals surface area (Å²) in [5, 5.41) is 15.5. The molecule has 2 aliphatic heterocycles. The van der Waals surface area contributed by atoms with Crippen LogP contribution in [0.5, 0.6) is 5.75 Å². The van der Waals surface area contributed by atoms with Gasteiger partial charge in [-0.3, -0.25) is 0 Å². The SMILES string of the molecule is CNC1=Nc2cc(-n3cc(C4CCCN4)nn3)c(OC)cc2C12CCC2. The summed E-state index contributed by atoms with van der Waals surface area (Å²) in [6, 6.07) is 4.53. The molecule has 7 nitrogen and oxygen atoms in total. The van der Waals surface area contributed by atoms with Crippen LogP contribution in [0.2, 0.25) is 0 Å². The van der Waals surface area contributed by atoms with Crippen LogP contribution in [0.3, 0.4) is 0 Å². The van der Waals surface area contributed by atoms with Crippen molar-refractivity contribution >= 4 is 11.5 Å². The van der Waals surface area contributed by atoms with Crippen molar-refractivity contribution in [1.82, 2.24) is 25.6 Å². The lowest BCUT2D eigenvalue weighted by Crippen LogP contribution is -2.45. The van der Waals surface area contributed by atoms with Crippen molar-refractivity contribution in [2.45, 2.75) is 43.6 Å². The van der Waals surface area contributed by atoms with Gasteiger partial charge in [-0.05, 0) is 49.9 Å². The molecule has 1 aromatic carbocycles. The van der Waals surface area contributed by atoms with Gasteiger partial charge in [-0.1, -0.05) is 11.6 Å². The highest BCUT2D eigenvalue weighted by Gasteiger charge is 2.48. The molecule has 5 rings (SSSR count). The number of aromatic nitrogens is 3. The third-order valence-electron chi connectivity index (χ3n) is 6.12. The standard InChI is InChI=1S/C19H24N6O/c1-20-18-19(6-4-7-19)12-9-17(26-2)16(10-14(12)22-18)25-11-15(23-24-25)13-5-3-8-21-13/h9-11,13,21H,3-8H2,1-2H3,(H,20,22). The average Bonchev–Trinajstić information content (AvgIpc) is 3.35. The van der Waals surface area contributed by atoms with Crippen LogP contribution in [0.1, 0.15) is 49.4 Å². The Hall–Kier alpha value is -2.41. The number of methoxy groups -OCH3 is 1. The Morgan fingerprint density at radius 2 is 2.19 bits per heavy atom. The van der Waals surface area contributed by atoms with E-state index in [0.717, 1.165) is 54.5 Å². The number of ether oxygens (including phenoxy) is 1. The van der Waals surface area contributed by atoms with E-state index in [1.807, 2.05) is 17.9 Å². The van der Waals surface area contributed by atoms with Crippen LogP contribution >= 0.6 is 0 Å². The van der Waals surface area contributed by atoms with E-state index >= 15 is 0 Å². The van der Waals surface area contributed by atoms with Crippen molar-refractivity contribution in [3.8, 4) is 11.4 Å². The largest absolute Gasteiger partial charge is 0.494 e. The first-order valence-corrected chi connectivity index (χ1v) is 9.40. The lowest BCUT2D eigenvalue weighted by atomic mass is 9.64. The Morgan fingerprint density at radius 1 is 1.31 bits per heavy atom. The van der Waals surface area contributed by atoms with Crippen LogP contribution in [0.4, 0.5) is 5.69 Å². The molecule has 1 saturated carbocycles.